The van der Waals surface area contributed by atoms with Gasteiger partial charge in [-0.25, -0.2) is 0 Å². The third-order valence-corrected chi connectivity index (χ3v) is 6.88. The molecular weight excluding hydrogens is 346 g/mol. The van der Waals surface area contributed by atoms with E-state index in [9.17, 15) is 4.79 Å². The van der Waals surface area contributed by atoms with Crippen molar-refractivity contribution in [3.63, 3.8) is 0 Å². The van der Waals surface area contributed by atoms with Crippen LogP contribution in [-0.4, -0.2) is 71.7 Å². The number of benzene rings is 1. The molecule has 7 heteroatoms. The Morgan fingerprint density at radius 2 is 1.85 bits per heavy atom. The molecule has 1 spiro atoms. The summed E-state index contributed by atoms with van der Waals surface area (Å²) in [5.41, 5.74) is 1.15. The lowest BCUT2D eigenvalue weighted by Gasteiger charge is -2.49. The molecule has 1 aromatic heterocycles. The van der Waals surface area contributed by atoms with Gasteiger partial charge in [-0.15, -0.1) is 10.2 Å². The summed E-state index contributed by atoms with van der Waals surface area (Å²) >= 11 is 1.66. The van der Waals surface area contributed by atoms with Gasteiger partial charge in [0.25, 0.3) is 0 Å². The number of hydrogen-bond acceptors (Lipinski definition) is 6. The first kappa shape index (κ1) is 17.4. The molecule has 0 unspecified atom stereocenters. The van der Waals surface area contributed by atoms with Gasteiger partial charge in [-0.1, -0.05) is 41.7 Å². The van der Waals surface area contributed by atoms with E-state index in [1.165, 1.54) is 0 Å². The number of carbonyl (C=O) groups is 1. The second-order valence-electron chi connectivity index (χ2n) is 7.39. The Hall–Kier alpha value is -1.99. The van der Waals surface area contributed by atoms with Crippen LogP contribution in [0.2, 0.25) is 0 Å². The van der Waals surface area contributed by atoms with Crippen molar-refractivity contribution < 1.29 is 4.79 Å². The zero-order valence-electron chi connectivity index (χ0n) is 15.4. The number of aromatic nitrogens is 2. The van der Waals surface area contributed by atoms with Gasteiger partial charge in [0.1, 0.15) is 5.01 Å². The van der Waals surface area contributed by atoms with Crippen LogP contribution < -0.4 is 4.90 Å². The highest BCUT2D eigenvalue weighted by molar-refractivity contribution is 7.18. The Balaban J connectivity index is 1.55. The predicted molar refractivity (Wildman–Crippen MR) is 104 cm³/mol. The average molecular weight is 372 g/mol. The lowest BCUT2D eigenvalue weighted by molar-refractivity contribution is -0.129. The largest absolute Gasteiger partial charge is 0.346 e. The normalized spacial score (nSPS) is 24.9. The van der Waals surface area contributed by atoms with Gasteiger partial charge in [0.2, 0.25) is 11.0 Å². The lowest BCUT2D eigenvalue weighted by atomic mass is 9.86. The van der Waals surface area contributed by atoms with Gasteiger partial charge in [-0.2, -0.15) is 0 Å². The fourth-order valence-corrected chi connectivity index (χ4v) is 4.84. The summed E-state index contributed by atoms with van der Waals surface area (Å²) < 4.78 is 0. The molecule has 1 atom stereocenters. The highest BCUT2D eigenvalue weighted by Crippen LogP contribution is 2.36. The predicted octanol–water partition coefficient (Wildman–Crippen LogP) is 2.34. The molecule has 0 N–H and O–H groups in total. The van der Waals surface area contributed by atoms with Crippen LogP contribution in [0, 0.1) is 0 Å². The number of amides is 1. The van der Waals surface area contributed by atoms with E-state index in [1.54, 1.807) is 11.3 Å². The monoisotopic (exact) mass is 371 g/mol. The van der Waals surface area contributed by atoms with Crippen LogP contribution in [0.1, 0.15) is 19.3 Å². The maximum absolute atomic E-state index is 12.1. The number of piperazine rings is 1. The Bertz CT molecular complexity index is 779. The van der Waals surface area contributed by atoms with Crippen LogP contribution in [0.4, 0.5) is 5.13 Å². The molecule has 1 aromatic carbocycles. The summed E-state index contributed by atoms with van der Waals surface area (Å²) in [5.74, 6) is 0.259. The number of likely N-dealkylation sites (N-methyl/N-ethyl adjacent to an activating group) is 1. The maximum Gasteiger partial charge on any atom is 0.222 e. The molecule has 0 saturated carbocycles. The smallest absolute Gasteiger partial charge is 0.222 e. The van der Waals surface area contributed by atoms with E-state index in [2.05, 4.69) is 39.2 Å². The van der Waals surface area contributed by atoms with Gasteiger partial charge in [0, 0.05) is 50.7 Å². The standard InChI is InChI=1S/C19H25N5OS/c1-22-11-10-19(9-8-16(22)25)14-24(13-12-23(19)2)18-21-20-17(26-18)15-6-4-3-5-7-15/h3-7H,8-14H2,1-2H3/t19-/m1/s1. The number of anilines is 1. The first-order chi connectivity index (χ1) is 12.6. The lowest BCUT2D eigenvalue weighted by Crippen LogP contribution is -2.61. The van der Waals surface area contributed by atoms with E-state index >= 15 is 0 Å². The van der Waals surface area contributed by atoms with Gasteiger partial charge in [0.05, 0.1) is 0 Å². The van der Waals surface area contributed by atoms with Crippen LogP contribution >= 0.6 is 11.3 Å². The summed E-state index contributed by atoms with van der Waals surface area (Å²) in [4.78, 5) is 18.8. The molecule has 3 heterocycles. The van der Waals surface area contributed by atoms with Crippen molar-refractivity contribution in [3.8, 4) is 10.6 Å². The SMILES string of the molecule is CN1CC[C@]2(CCC1=O)CN(c1nnc(-c3ccccc3)s1)CCN2C. The molecule has 6 nitrogen and oxygen atoms in total. The Labute approximate surface area is 158 Å². The van der Waals surface area contributed by atoms with Crippen molar-refractivity contribution in [1.82, 2.24) is 20.0 Å². The molecule has 0 radical (unpaired) electrons. The summed E-state index contributed by atoms with van der Waals surface area (Å²) in [6.07, 6.45) is 2.54. The van der Waals surface area contributed by atoms with Crippen LogP contribution in [0.5, 0.6) is 0 Å². The Morgan fingerprint density at radius 1 is 1.04 bits per heavy atom. The van der Waals surface area contributed by atoms with Crippen molar-refractivity contribution in [3.05, 3.63) is 30.3 Å². The van der Waals surface area contributed by atoms with E-state index in [1.807, 2.05) is 30.1 Å². The molecule has 1 amide bonds. The maximum atomic E-state index is 12.1. The second kappa shape index (κ2) is 6.96. The molecule has 0 bridgehead atoms. The zero-order chi connectivity index (χ0) is 18.1. The van der Waals surface area contributed by atoms with Crippen LogP contribution in [0.3, 0.4) is 0 Å². The van der Waals surface area contributed by atoms with E-state index in [4.69, 9.17) is 0 Å². The third-order valence-electron chi connectivity index (χ3n) is 5.85. The topological polar surface area (TPSA) is 52.6 Å². The minimum Gasteiger partial charge on any atom is -0.346 e. The molecule has 2 saturated heterocycles. The highest BCUT2D eigenvalue weighted by atomic mass is 32.1. The van der Waals surface area contributed by atoms with Gasteiger partial charge < -0.3 is 9.80 Å². The average Bonchev–Trinajstić information content (AvgIpc) is 3.12. The minimum absolute atomic E-state index is 0.0389. The summed E-state index contributed by atoms with van der Waals surface area (Å²) in [6.45, 7) is 3.67. The van der Waals surface area contributed by atoms with E-state index in [0.717, 1.165) is 54.7 Å². The zero-order valence-corrected chi connectivity index (χ0v) is 16.2. The van der Waals surface area contributed by atoms with Crippen molar-refractivity contribution in [2.45, 2.75) is 24.8 Å². The van der Waals surface area contributed by atoms with Crippen molar-refractivity contribution in [2.24, 2.45) is 0 Å². The van der Waals surface area contributed by atoms with Gasteiger partial charge in [-0.3, -0.25) is 9.69 Å². The van der Waals surface area contributed by atoms with Crippen LogP contribution in [0.15, 0.2) is 30.3 Å². The number of nitrogens with zero attached hydrogens (tertiary/aromatic N) is 5. The number of rotatable bonds is 2. The molecule has 2 aliphatic heterocycles. The summed E-state index contributed by atoms with van der Waals surface area (Å²) in [5, 5.41) is 10.8. The molecular formula is C19H25N5OS. The molecule has 2 fully saturated rings. The summed E-state index contributed by atoms with van der Waals surface area (Å²) in [7, 11) is 4.11. The first-order valence-electron chi connectivity index (χ1n) is 9.16. The summed E-state index contributed by atoms with van der Waals surface area (Å²) in [6, 6.07) is 10.2. The third kappa shape index (κ3) is 3.21. The number of likely N-dealkylation sites (tertiary alicyclic amines) is 1. The van der Waals surface area contributed by atoms with Crippen molar-refractivity contribution in [1.29, 1.82) is 0 Å². The quantitative estimate of drug-likeness (QED) is 0.811. The van der Waals surface area contributed by atoms with Gasteiger partial charge >= 0.3 is 0 Å². The molecule has 2 aliphatic rings. The van der Waals surface area contributed by atoms with E-state index in [-0.39, 0.29) is 11.4 Å². The van der Waals surface area contributed by atoms with Crippen LogP contribution in [-0.2, 0) is 4.79 Å². The molecule has 4 rings (SSSR count). The molecule has 26 heavy (non-hydrogen) atoms. The fourth-order valence-electron chi connectivity index (χ4n) is 3.96. The van der Waals surface area contributed by atoms with E-state index < -0.39 is 0 Å². The first-order valence-corrected chi connectivity index (χ1v) is 9.98. The highest BCUT2D eigenvalue weighted by Gasteiger charge is 2.42. The Kier molecular flexibility index (Phi) is 4.67. The Morgan fingerprint density at radius 3 is 2.65 bits per heavy atom. The second-order valence-corrected chi connectivity index (χ2v) is 8.34. The van der Waals surface area contributed by atoms with Gasteiger partial charge in [0.15, 0.2) is 0 Å². The van der Waals surface area contributed by atoms with E-state index in [0.29, 0.717) is 6.42 Å². The van der Waals surface area contributed by atoms with Crippen LogP contribution in [0.25, 0.3) is 10.6 Å². The number of carbonyl (C=O) groups excluding carboxylic acids is 1. The van der Waals surface area contributed by atoms with Gasteiger partial charge in [-0.05, 0) is 19.9 Å². The number of hydrogen-bond donors (Lipinski definition) is 0. The fraction of sp³-hybridized carbons (Fsp3) is 0.526. The molecule has 138 valence electrons. The van der Waals surface area contributed by atoms with Crippen molar-refractivity contribution in [2.75, 3.05) is 45.2 Å². The van der Waals surface area contributed by atoms with Crippen molar-refractivity contribution >= 4 is 22.4 Å². The molecule has 0 aliphatic carbocycles. The minimum atomic E-state index is 0.0389. The molecule has 2 aromatic rings.